The number of nitrogens with one attached hydrogen (secondary N) is 1. The third-order valence-electron chi connectivity index (χ3n) is 2.68. The molecule has 17 heavy (non-hydrogen) atoms. The van der Waals surface area contributed by atoms with Gasteiger partial charge in [0.25, 0.3) is 0 Å². The predicted molar refractivity (Wildman–Crippen MR) is 72.0 cm³/mol. The highest BCUT2D eigenvalue weighted by atomic mass is 16.1. The number of rotatable bonds is 7. The highest BCUT2D eigenvalue weighted by molar-refractivity contribution is 5.90. The van der Waals surface area contributed by atoms with E-state index in [9.17, 15) is 4.79 Å². The summed E-state index contributed by atoms with van der Waals surface area (Å²) in [4.78, 5) is 11.6. The van der Waals surface area contributed by atoms with Gasteiger partial charge in [0.1, 0.15) is 0 Å². The predicted octanol–water partition coefficient (Wildman–Crippen LogP) is 2.71. The summed E-state index contributed by atoms with van der Waals surface area (Å²) < 4.78 is 0. The van der Waals surface area contributed by atoms with Crippen LogP contribution in [-0.4, -0.2) is 12.5 Å². The van der Waals surface area contributed by atoms with Crippen molar-refractivity contribution in [2.45, 2.75) is 39.0 Å². The van der Waals surface area contributed by atoms with Crippen LogP contribution < -0.4 is 11.1 Å². The van der Waals surface area contributed by atoms with Gasteiger partial charge < -0.3 is 11.1 Å². The first-order valence-electron chi connectivity index (χ1n) is 6.35. The number of hydrogen-bond acceptors (Lipinski definition) is 2. The zero-order chi connectivity index (χ0) is 12.5. The Morgan fingerprint density at radius 3 is 2.53 bits per heavy atom. The summed E-state index contributed by atoms with van der Waals surface area (Å²) in [5.74, 6) is 0.102. The standard InChI is InChI=1S/C14H22N2O/c1-2-3-4-5-14(17)16-13-8-6-12(7-9-13)10-11-15/h6-9H,2-5,10-11,15H2,1H3,(H,16,17). The fraction of sp³-hybridized carbons (Fsp3) is 0.500. The number of amides is 1. The first kappa shape index (κ1) is 13.7. The van der Waals surface area contributed by atoms with Crippen LogP contribution in [0.3, 0.4) is 0 Å². The minimum atomic E-state index is 0.102. The van der Waals surface area contributed by atoms with Crippen LogP contribution in [0.15, 0.2) is 24.3 Å². The fourth-order valence-electron chi connectivity index (χ4n) is 1.68. The Balaban J connectivity index is 2.37. The van der Waals surface area contributed by atoms with E-state index >= 15 is 0 Å². The second-order valence-electron chi connectivity index (χ2n) is 4.24. The molecule has 1 aromatic carbocycles. The zero-order valence-electron chi connectivity index (χ0n) is 10.5. The summed E-state index contributed by atoms with van der Waals surface area (Å²) >= 11 is 0. The van der Waals surface area contributed by atoms with E-state index in [0.717, 1.165) is 31.4 Å². The molecule has 0 fully saturated rings. The van der Waals surface area contributed by atoms with Gasteiger partial charge in [-0.3, -0.25) is 4.79 Å². The number of nitrogens with two attached hydrogens (primary N) is 1. The van der Waals surface area contributed by atoms with Gasteiger partial charge in [-0.15, -0.1) is 0 Å². The van der Waals surface area contributed by atoms with Gasteiger partial charge in [0.2, 0.25) is 5.91 Å². The van der Waals surface area contributed by atoms with Gasteiger partial charge in [-0.05, 0) is 37.1 Å². The summed E-state index contributed by atoms with van der Waals surface area (Å²) in [6.45, 7) is 2.79. The molecule has 0 unspecified atom stereocenters. The van der Waals surface area contributed by atoms with E-state index in [0.29, 0.717) is 13.0 Å². The van der Waals surface area contributed by atoms with Crippen molar-refractivity contribution < 1.29 is 4.79 Å². The van der Waals surface area contributed by atoms with Crippen LogP contribution in [0.5, 0.6) is 0 Å². The molecule has 0 aliphatic heterocycles. The molecule has 0 spiro atoms. The Hall–Kier alpha value is -1.35. The molecule has 1 aromatic rings. The van der Waals surface area contributed by atoms with E-state index in [1.165, 1.54) is 5.56 Å². The summed E-state index contributed by atoms with van der Waals surface area (Å²) in [5, 5.41) is 2.90. The number of benzene rings is 1. The van der Waals surface area contributed by atoms with Crippen molar-refractivity contribution >= 4 is 11.6 Å². The molecule has 0 aliphatic rings. The van der Waals surface area contributed by atoms with Crippen molar-refractivity contribution in [1.29, 1.82) is 0 Å². The van der Waals surface area contributed by atoms with Gasteiger partial charge in [-0.25, -0.2) is 0 Å². The Kier molecular flexibility index (Phi) is 6.33. The minimum Gasteiger partial charge on any atom is -0.330 e. The summed E-state index contributed by atoms with van der Waals surface area (Å²) in [6.07, 6.45) is 4.71. The van der Waals surface area contributed by atoms with E-state index in [2.05, 4.69) is 12.2 Å². The fourth-order valence-corrected chi connectivity index (χ4v) is 1.68. The lowest BCUT2D eigenvalue weighted by Gasteiger charge is -2.06. The van der Waals surface area contributed by atoms with Gasteiger partial charge in [0, 0.05) is 12.1 Å². The van der Waals surface area contributed by atoms with Crippen molar-refractivity contribution in [1.82, 2.24) is 0 Å². The maximum atomic E-state index is 11.6. The lowest BCUT2D eigenvalue weighted by atomic mass is 10.1. The molecule has 0 atom stereocenters. The third kappa shape index (κ3) is 5.50. The second-order valence-corrected chi connectivity index (χ2v) is 4.24. The lowest BCUT2D eigenvalue weighted by molar-refractivity contribution is -0.116. The lowest BCUT2D eigenvalue weighted by Crippen LogP contribution is -2.11. The number of hydrogen-bond donors (Lipinski definition) is 2. The topological polar surface area (TPSA) is 55.1 Å². The molecule has 0 saturated heterocycles. The van der Waals surface area contributed by atoms with Crippen LogP contribution in [0.25, 0.3) is 0 Å². The molecule has 0 radical (unpaired) electrons. The maximum Gasteiger partial charge on any atom is 0.224 e. The van der Waals surface area contributed by atoms with Crippen molar-refractivity contribution in [3.8, 4) is 0 Å². The van der Waals surface area contributed by atoms with E-state index in [1.807, 2.05) is 24.3 Å². The first-order chi connectivity index (χ1) is 8.26. The van der Waals surface area contributed by atoms with Crippen LogP contribution in [0.4, 0.5) is 5.69 Å². The summed E-state index contributed by atoms with van der Waals surface area (Å²) in [6, 6.07) is 7.88. The summed E-state index contributed by atoms with van der Waals surface area (Å²) in [5.41, 5.74) is 7.55. The minimum absolute atomic E-state index is 0.102. The SMILES string of the molecule is CCCCCC(=O)Nc1ccc(CCN)cc1. The van der Waals surface area contributed by atoms with Gasteiger partial charge in [-0.2, -0.15) is 0 Å². The monoisotopic (exact) mass is 234 g/mol. The van der Waals surface area contributed by atoms with E-state index in [-0.39, 0.29) is 5.91 Å². The number of unbranched alkanes of at least 4 members (excludes halogenated alkanes) is 2. The Bertz CT molecular complexity index is 333. The quantitative estimate of drug-likeness (QED) is 0.713. The van der Waals surface area contributed by atoms with Crippen LogP contribution in [0, 0.1) is 0 Å². The Morgan fingerprint density at radius 1 is 1.24 bits per heavy atom. The van der Waals surface area contributed by atoms with Crippen LogP contribution >= 0.6 is 0 Å². The molecule has 0 aliphatic carbocycles. The number of carbonyl (C=O) groups is 1. The molecular weight excluding hydrogens is 212 g/mol. The van der Waals surface area contributed by atoms with Gasteiger partial charge in [0.15, 0.2) is 0 Å². The summed E-state index contributed by atoms with van der Waals surface area (Å²) in [7, 11) is 0. The molecule has 0 saturated carbocycles. The largest absolute Gasteiger partial charge is 0.330 e. The number of anilines is 1. The second kappa shape index (κ2) is 7.85. The Morgan fingerprint density at radius 2 is 1.94 bits per heavy atom. The normalized spacial score (nSPS) is 10.2. The average Bonchev–Trinajstić information content (AvgIpc) is 2.32. The first-order valence-corrected chi connectivity index (χ1v) is 6.35. The van der Waals surface area contributed by atoms with Crippen molar-refractivity contribution in [2.24, 2.45) is 5.73 Å². The van der Waals surface area contributed by atoms with Crippen molar-refractivity contribution in [3.05, 3.63) is 29.8 Å². The average molecular weight is 234 g/mol. The van der Waals surface area contributed by atoms with Gasteiger partial charge >= 0.3 is 0 Å². The molecule has 94 valence electrons. The molecule has 3 heteroatoms. The van der Waals surface area contributed by atoms with E-state index in [1.54, 1.807) is 0 Å². The molecule has 0 bridgehead atoms. The molecular formula is C14H22N2O. The van der Waals surface area contributed by atoms with Gasteiger partial charge in [-0.1, -0.05) is 31.9 Å². The Labute approximate surface area is 103 Å². The van der Waals surface area contributed by atoms with Gasteiger partial charge in [0.05, 0.1) is 0 Å². The zero-order valence-corrected chi connectivity index (χ0v) is 10.5. The molecule has 3 nitrogen and oxygen atoms in total. The van der Waals surface area contributed by atoms with Crippen LogP contribution in [0.2, 0.25) is 0 Å². The van der Waals surface area contributed by atoms with Crippen LogP contribution in [0.1, 0.15) is 38.2 Å². The maximum absolute atomic E-state index is 11.6. The van der Waals surface area contributed by atoms with Crippen molar-refractivity contribution in [3.63, 3.8) is 0 Å². The third-order valence-corrected chi connectivity index (χ3v) is 2.68. The smallest absolute Gasteiger partial charge is 0.224 e. The van der Waals surface area contributed by atoms with Crippen molar-refractivity contribution in [2.75, 3.05) is 11.9 Å². The van der Waals surface area contributed by atoms with Crippen LogP contribution in [-0.2, 0) is 11.2 Å². The number of carbonyl (C=O) groups excluding carboxylic acids is 1. The van der Waals surface area contributed by atoms with E-state index in [4.69, 9.17) is 5.73 Å². The molecule has 1 rings (SSSR count). The molecule has 1 amide bonds. The molecule has 3 N–H and O–H groups in total. The van der Waals surface area contributed by atoms with E-state index < -0.39 is 0 Å². The highest BCUT2D eigenvalue weighted by Crippen LogP contribution is 2.11. The molecule has 0 aromatic heterocycles. The highest BCUT2D eigenvalue weighted by Gasteiger charge is 2.01. The molecule has 0 heterocycles.